The molecule has 0 saturated heterocycles. The molecule has 150 valence electrons. The summed E-state index contributed by atoms with van der Waals surface area (Å²) in [5, 5.41) is 3.71. The average molecular weight is 453 g/mol. The van der Waals surface area contributed by atoms with E-state index >= 15 is 0 Å². The van der Waals surface area contributed by atoms with Crippen LogP contribution >= 0.6 is 23.2 Å². The minimum absolute atomic E-state index is 0.0156. The number of anilines is 1. The quantitative estimate of drug-likeness (QED) is 0.637. The van der Waals surface area contributed by atoms with Gasteiger partial charge >= 0.3 is 0 Å². The van der Waals surface area contributed by atoms with Gasteiger partial charge in [0.05, 0.1) is 33.1 Å². The predicted molar refractivity (Wildman–Crippen MR) is 110 cm³/mol. The number of para-hydroxylation sites is 1. The number of amides is 1. The lowest BCUT2D eigenvalue weighted by molar-refractivity contribution is 0.100. The fraction of sp³-hybridized carbons (Fsp3) is 0.0556. The molecule has 8 nitrogen and oxygen atoms in total. The van der Waals surface area contributed by atoms with E-state index in [0.717, 1.165) is 8.99 Å². The largest absolute Gasteiger partial charge is 0.366 e. The topological polar surface area (TPSA) is 115 Å². The van der Waals surface area contributed by atoms with Crippen molar-refractivity contribution < 1.29 is 13.2 Å². The number of carbonyl (C=O) groups is 1. The number of hydrogen-bond acceptors (Lipinski definition) is 5. The maximum Gasteiger partial charge on any atom is 0.291 e. The van der Waals surface area contributed by atoms with Gasteiger partial charge in [0, 0.05) is 7.05 Å². The molecule has 3 rings (SSSR count). The molecule has 1 aromatic heterocycles. The lowest BCUT2D eigenvalue weighted by Crippen LogP contribution is -2.29. The van der Waals surface area contributed by atoms with Gasteiger partial charge in [0.2, 0.25) is 0 Å². The summed E-state index contributed by atoms with van der Waals surface area (Å²) in [6.45, 7) is 0. The smallest absolute Gasteiger partial charge is 0.291 e. The van der Waals surface area contributed by atoms with Crippen molar-refractivity contribution in [3.05, 3.63) is 80.7 Å². The Morgan fingerprint density at radius 1 is 1.10 bits per heavy atom. The molecule has 0 spiro atoms. The van der Waals surface area contributed by atoms with Gasteiger partial charge in [-0.2, -0.15) is 9.78 Å². The number of carbonyl (C=O) groups excluding carboxylic acids is 1. The highest BCUT2D eigenvalue weighted by molar-refractivity contribution is 7.92. The number of nitrogens with two attached hydrogens (primary N) is 1. The lowest BCUT2D eigenvalue weighted by Gasteiger charge is -2.21. The van der Waals surface area contributed by atoms with E-state index in [-0.39, 0.29) is 26.2 Å². The van der Waals surface area contributed by atoms with Crippen LogP contribution in [0, 0.1) is 0 Å². The van der Waals surface area contributed by atoms with Crippen LogP contribution in [0.4, 0.5) is 5.69 Å². The number of sulfonamides is 1. The molecule has 0 radical (unpaired) electrons. The summed E-state index contributed by atoms with van der Waals surface area (Å²) >= 11 is 11.6. The van der Waals surface area contributed by atoms with Crippen LogP contribution in [0.15, 0.2) is 64.4 Å². The number of aromatic nitrogens is 2. The van der Waals surface area contributed by atoms with E-state index < -0.39 is 21.5 Å². The van der Waals surface area contributed by atoms with Crippen molar-refractivity contribution in [2.24, 2.45) is 5.73 Å². The van der Waals surface area contributed by atoms with Crippen molar-refractivity contribution in [3.63, 3.8) is 0 Å². The maximum absolute atomic E-state index is 13.0. The SMILES string of the molecule is CN(c1ccccc1C(N)=O)S(=O)(=O)c1ccc(-n2ncc(Cl)c(Cl)c2=O)cc1. The lowest BCUT2D eigenvalue weighted by atomic mass is 10.2. The van der Waals surface area contributed by atoms with E-state index in [1.54, 1.807) is 12.1 Å². The Kier molecular flexibility index (Phi) is 5.65. The van der Waals surface area contributed by atoms with Crippen molar-refractivity contribution in [3.8, 4) is 5.69 Å². The molecule has 0 unspecified atom stereocenters. The summed E-state index contributed by atoms with van der Waals surface area (Å²) in [6, 6.07) is 11.5. The maximum atomic E-state index is 13.0. The zero-order chi connectivity index (χ0) is 21.3. The third-order valence-electron chi connectivity index (χ3n) is 4.12. The molecule has 0 fully saturated rings. The van der Waals surface area contributed by atoms with Crippen molar-refractivity contribution in [2.75, 3.05) is 11.4 Å². The van der Waals surface area contributed by atoms with Gasteiger partial charge in [-0.1, -0.05) is 35.3 Å². The number of halogens is 2. The standard InChI is InChI=1S/C18H14Cl2N4O4S/c1-23(15-5-3-2-4-13(15)17(21)25)29(27,28)12-8-6-11(7-9-12)24-18(26)16(20)14(19)10-22-24/h2-10H,1H3,(H2,21,25). The van der Waals surface area contributed by atoms with E-state index in [2.05, 4.69) is 5.10 Å². The summed E-state index contributed by atoms with van der Waals surface area (Å²) in [4.78, 5) is 23.7. The van der Waals surface area contributed by atoms with Crippen LogP contribution < -0.4 is 15.6 Å². The predicted octanol–water partition coefficient (Wildman–Crippen LogP) is 2.46. The summed E-state index contributed by atoms with van der Waals surface area (Å²) in [5.41, 5.74) is 5.21. The zero-order valence-electron chi connectivity index (χ0n) is 14.9. The molecule has 0 bridgehead atoms. The summed E-state index contributed by atoms with van der Waals surface area (Å²) in [7, 11) is -2.69. The van der Waals surface area contributed by atoms with Gasteiger partial charge in [-0.25, -0.2) is 8.42 Å². The van der Waals surface area contributed by atoms with Gasteiger partial charge in [-0.3, -0.25) is 13.9 Å². The van der Waals surface area contributed by atoms with Crippen molar-refractivity contribution in [1.82, 2.24) is 9.78 Å². The molecule has 2 N–H and O–H groups in total. The van der Waals surface area contributed by atoms with E-state index in [9.17, 15) is 18.0 Å². The molecule has 0 aliphatic heterocycles. The number of primary amides is 1. The van der Waals surface area contributed by atoms with Crippen LogP contribution in [-0.2, 0) is 10.0 Å². The normalized spacial score (nSPS) is 11.3. The highest BCUT2D eigenvalue weighted by atomic mass is 35.5. The molecule has 0 aliphatic rings. The molecule has 0 atom stereocenters. The minimum atomic E-state index is -4.00. The monoisotopic (exact) mass is 452 g/mol. The first kappa shape index (κ1) is 20.8. The number of hydrogen-bond donors (Lipinski definition) is 1. The van der Waals surface area contributed by atoms with Crippen LogP contribution in [-0.4, -0.2) is 31.2 Å². The third-order valence-corrected chi connectivity index (χ3v) is 6.66. The molecule has 2 aromatic carbocycles. The Labute approximate surface area is 176 Å². The molecule has 1 amide bonds. The summed E-state index contributed by atoms with van der Waals surface area (Å²) in [6.07, 6.45) is 1.21. The van der Waals surface area contributed by atoms with Crippen molar-refractivity contribution >= 4 is 44.8 Å². The fourth-order valence-electron chi connectivity index (χ4n) is 2.60. The summed E-state index contributed by atoms with van der Waals surface area (Å²) in [5.74, 6) is -0.747. The average Bonchev–Trinajstić information content (AvgIpc) is 2.71. The highest BCUT2D eigenvalue weighted by Crippen LogP contribution is 2.26. The second-order valence-corrected chi connectivity index (χ2v) is 8.63. The molecule has 3 aromatic rings. The van der Waals surface area contributed by atoms with E-state index in [1.165, 1.54) is 49.6 Å². The van der Waals surface area contributed by atoms with Gasteiger partial charge < -0.3 is 5.73 Å². The van der Waals surface area contributed by atoms with Gasteiger partial charge in [-0.15, -0.1) is 0 Å². The molecule has 29 heavy (non-hydrogen) atoms. The first-order chi connectivity index (χ1) is 13.6. The van der Waals surface area contributed by atoms with Gasteiger partial charge in [0.15, 0.2) is 0 Å². The van der Waals surface area contributed by atoms with Crippen LogP contribution in [0.5, 0.6) is 0 Å². The van der Waals surface area contributed by atoms with Crippen LogP contribution in [0.1, 0.15) is 10.4 Å². The van der Waals surface area contributed by atoms with Crippen molar-refractivity contribution in [2.45, 2.75) is 4.90 Å². The fourth-order valence-corrected chi connectivity index (χ4v) is 4.07. The van der Waals surface area contributed by atoms with Crippen LogP contribution in [0.3, 0.4) is 0 Å². The number of nitrogens with zero attached hydrogens (tertiary/aromatic N) is 3. The first-order valence-electron chi connectivity index (χ1n) is 8.06. The summed E-state index contributed by atoms with van der Waals surface area (Å²) < 4.78 is 27.9. The Morgan fingerprint density at radius 3 is 2.34 bits per heavy atom. The molecule has 11 heteroatoms. The van der Waals surface area contributed by atoms with Gasteiger partial charge in [0.1, 0.15) is 5.02 Å². The Bertz CT molecular complexity index is 1260. The van der Waals surface area contributed by atoms with Gasteiger partial charge in [-0.05, 0) is 36.4 Å². The van der Waals surface area contributed by atoms with E-state index in [1.807, 2.05) is 0 Å². The molecular formula is C18H14Cl2N4O4S. The van der Waals surface area contributed by atoms with E-state index in [4.69, 9.17) is 28.9 Å². The third kappa shape index (κ3) is 3.84. The Hall–Kier alpha value is -2.88. The second-order valence-electron chi connectivity index (χ2n) is 5.87. The molecular weight excluding hydrogens is 439 g/mol. The zero-order valence-corrected chi connectivity index (χ0v) is 17.2. The van der Waals surface area contributed by atoms with Crippen molar-refractivity contribution in [1.29, 1.82) is 0 Å². The first-order valence-corrected chi connectivity index (χ1v) is 10.3. The Morgan fingerprint density at radius 2 is 1.72 bits per heavy atom. The molecule has 0 aliphatic carbocycles. The van der Waals surface area contributed by atoms with Crippen LogP contribution in [0.2, 0.25) is 10.0 Å². The van der Waals surface area contributed by atoms with Crippen LogP contribution in [0.25, 0.3) is 5.69 Å². The highest BCUT2D eigenvalue weighted by Gasteiger charge is 2.24. The molecule has 1 heterocycles. The van der Waals surface area contributed by atoms with E-state index in [0.29, 0.717) is 5.69 Å². The second kappa shape index (κ2) is 7.86. The number of rotatable bonds is 5. The Balaban J connectivity index is 2.01. The number of benzene rings is 2. The van der Waals surface area contributed by atoms with Gasteiger partial charge in [0.25, 0.3) is 21.5 Å². The molecule has 0 saturated carbocycles. The minimum Gasteiger partial charge on any atom is -0.366 e.